The minimum Gasteiger partial charge on any atom is -0.378 e. The summed E-state index contributed by atoms with van der Waals surface area (Å²) in [6, 6.07) is 7.16. The van der Waals surface area contributed by atoms with Crippen LogP contribution in [0, 0.1) is 0 Å². The van der Waals surface area contributed by atoms with Gasteiger partial charge >= 0.3 is 11.8 Å². The van der Waals surface area contributed by atoms with Gasteiger partial charge in [-0.2, -0.15) is 0 Å². The second-order valence-electron chi connectivity index (χ2n) is 3.84. The number of carbonyl (C=O) groups is 2. The van der Waals surface area contributed by atoms with Crippen molar-refractivity contribution in [3.8, 4) is 0 Å². The Morgan fingerprint density at radius 3 is 2.56 bits per heavy atom. The Bertz CT molecular complexity index is 458. The lowest BCUT2D eigenvalue weighted by Crippen LogP contribution is -2.45. The van der Waals surface area contributed by atoms with Crippen molar-refractivity contribution in [2.75, 3.05) is 31.6 Å². The number of carbonyl (C=O) groups excluding carboxylic acids is 2. The fourth-order valence-corrected chi connectivity index (χ4v) is 2.03. The quantitative estimate of drug-likeness (QED) is 0.794. The number of halogens is 1. The minimum atomic E-state index is -0.621. The van der Waals surface area contributed by atoms with Gasteiger partial charge in [0.2, 0.25) is 0 Å². The van der Waals surface area contributed by atoms with E-state index in [-0.39, 0.29) is 0 Å². The topological polar surface area (TPSA) is 58.6 Å². The zero-order chi connectivity index (χ0) is 13.0. The monoisotopic (exact) mass is 312 g/mol. The molecule has 1 heterocycles. The van der Waals surface area contributed by atoms with Gasteiger partial charge < -0.3 is 15.0 Å². The van der Waals surface area contributed by atoms with Crippen molar-refractivity contribution in [1.29, 1.82) is 0 Å². The minimum absolute atomic E-state index is 0.461. The Hall–Kier alpha value is -1.40. The maximum absolute atomic E-state index is 11.9. The number of para-hydroxylation sites is 1. The number of morpholine rings is 1. The maximum Gasteiger partial charge on any atom is 0.313 e. The summed E-state index contributed by atoms with van der Waals surface area (Å²) in [5.41, 5.74) is 0.587. The number of nitrogens with zero attached hydrogens (tertiary/aromatic N) is 1. The summed E-state index contributed by atoms with van der Waals surface area (Å²) < 4.78 is 5.88. The lowest BCUT2D eigenvalue weighted by Gasteiger charge is -2.26. The van der Waals surface area contributed by atoms with Gasteiger partial charge in [-0.3, -0.25) is 9.59 Å². The first-order valence-electron chi connectivity index (χ1n) is 5.61. The fraction of sp³-hybridized carbons (Fsp3) is 0.333. The van der Waals surface area contributed by atoms with E-state index in [9.17, 15) is 9.59 Å². The van der Waals surface area contributed by atoms with Crippen LogP contribution in [0.4, 0.5) is 5.69 Å². The van der Waals surface area contributed by atoms with E-state index < -0.39 is 11.8 Å². The number of benzene rings is 1. The third-order valence-corrected chi connectivity index (χ3v) is 3.31. The molecule has 96 valence electrons. The summed E-state index contributed by atoms with van der Waals surface area (Å²) in [5.74, 6) is -1.14. The van der Waals surface area contributed by atoms with Crippen molar-refractivity contribution < 1.29 is 14.3 Å². The van der Waals surface area contributed by atoms with Crippen molar-refractivity contribution >= 4 is 33.4 Å². The van der Waals surface area contributed by atoms with Gasteiger partial charge in [0.1, 0.15) is 0 Å². The molecule has 0 bridgehead atoms. The molecule has 1 N–H and O–H groups in total. The Balaban J connectivity index is 1.99. The number of amides is 2. The molecule has 0 saturated carbocycles. The Labute approximate surface area is 113 Å². The van der Waals surface area contributed by atoms with Gasteiger partial charge in [0.15, 0.2) is 0 Å². The highest BCUT2D eigenvalue weighted by atomic mass is 79.9. The van der Waals surface area contributed by atoms with Gasteiger partial charge in [0.05, 0.1) is 18.9 Å². The van der Waals surface area contributed by atoms with Crippen LogP contribution in [0.5, 0.6) is 0 Å². The van der Waals surface area contributed by atoms with Crippen LogP contribution in [-0.4, -0.2) is 43.0 Å². The first-order chi connectivity index (χ1) is 8.68. The zero-order valence-electron chi connectivity index (χ0n) is 9.69. The van der Waals surface area contributed by atoms with Gasteiger partial charge in [-0.05, 0) is 28.1 Å². The predicted octanol–water partition coefficient (Wildman–Crippen LogP) is 1.25. The molecule has 1 saturated heterocycles. The summed E-state index contributed by atoms with van der Waals surface area (Å²) >= 11 is 3.31. The van der Waals surface area contributed by atoms with Crippen molar-refractivity contribution in [3.63, 3.8) is 0 Å². The largest absolute Gasteiger partial charge is 0.378 e. The van der Waals surface area contributed by atoms with Crippen molar-refractivity contribution in [2.45, 2.75) is 0 Å². The molecular formula is C12H13BrN2O3. The molecule has 6 heteroatoms. The van der Waals surface area contributed by atoms with Gasteiger partial charge in [-0.15, -0.1) is 0 Å². The fourth-order valence-electron chi connectivity index (χ4n) is 1.65. The Kier molecular flexibility index (Phi) is 4.33. The highest BCUT2D eigenvalue weighted by Crippen LogP contribution is 2.21. The van der Waals surface area contributed by atoms with E-state index in [0.717, 1.165) is 4.47 Å². The molecule has 5 nitrogen and oxygen atoms in total. The highest BCUT2D eigenvalue weighted by Gasteiger charge is 2.23. The van der Waals surface area contributed by atoms with E-state index in [1.807, 2.05) is 6.07 Å². The van der Waals surface area contributed by atoms with Crippen LogP contribution < -0.4 is 5.32 Å². The third-order valence-electron chi connectivity index (χ3n) is 2.61. The molecule has 2 amide bonds. The predicted molar refractivity (Wildman–Crippen MR) is 70.2 cm³/mol. The van der Waals surface area contributed by atoms with Crippen LogP contribution in [0.1, 0.15) is 0 Å². The van der Waals surface area contributed by atoms with E-state index in [2.05, 4.69) is 21.2 Å². The molecule has 0 atom stereocenters. The third kappa shape index (κ3) is 3.08. The second kappa shape index (κ2) is 5.97. The van der Waals surface area contributed by atoms with Crippen LogP contribution in [-0.2, 0) is 14.3 Å². The van der Waals surface area contributed by atoms with Crippen LogP contribution in [0.25, 0.3) is 0 Å². The summed E-state index contributed by atoms with van der Waals surface area (Å²) in [6.45, 7) is 1.88. The molecule has 0 spiro atoms. The summed E-state index contributed by atoms with van der Waals surface area (Å²) in [5, 5.41) is 2.59. The number of hydrogen-bond donors (Lipinski definition) is 1. The molecule has 1 aromatic rings. The number of anilines is 1. The first-order valence-corrected chi connectivity index (χ1v) is 6.40. The van der Waals surface area contributed by atoms with Crippen molar-refractivity contribution in [3.05, 3.63) is 28.7 Å². The Morgan fingerprint density at radius 2 is 1.89 bits per heavy atom. The number of hydrogen-bond acceptors (Lipinski definition) is 3. The van der Waals surface area contributed by atoms with Crippen molar-refractivity contribution in [1.82, 2.24) is 4.90 Å². The molecule has 1 fully saturated rings. The van der Waals surface area contributed by atoms with Crippen molar-refractivity contribution in [2.24, 2.45) is 0 Å². The average Bonchev–Trinajstić information content (AvgIpc) is 2.41. The zero-order valence-corrected chi connectivity index (χ0v) is 11.3. The van der Waals surface area contributed by atoms with Crippen LogP contribution >= 0.6 is 15.9 Å². The van der Waals surface area contributed by atoms with Gasteiger partial charge in [0, 0.05) is 17.6 Å². The summed E-state index contributed by atoms with van der Waals surface area (Å²) in [6.07, 6.45) is 0. The lowest BCUT2D eigenvalue weighted by atomic mass is 10.3. The molecule has 0 aliphatic carbocycles. The maximum atomic E-state index is 11.9. The molecule has 18 heavy (non-hydrogen) atoms. The standard InChI is InChI=1S/C12H13BrN2O3/c13-9-3-1-2-4-10(9)14-11(16)12(17)15-5-7-18-8-6-15/h1-4H,5-8H2,(H,14,16). The number of nitrogens with one attached hydrogen (secondary N) is 1. The van der Waals surface area contributed by atoms with Gasteiger partial charge in [-0.25, -0.2) is 0 Å². The SMILES string of the molecule is O=C(Nc1ccccc1Br)C(=O)N1CCOCC1. The normalized spacial score (nSPS) is 15.3. The molecule has 0 unspecified atom stereocenters. The van der Waals surface area contributed by atoms with E-state index >= 15 is 0 Å². The van der Waals surface area contributed by atoms with E-state index in [4.69, 9.17) is 4.74 Å². The van der Waals surface area contributed by atoms with Crippen LogP contribution in [0.15, 0.2) is 28.7 Å². The molecule has 1 aliphatic rings. The molecular weight excluding hydrogens is 300 g/mol. The summed E-state index contributed by atoms with van der Waals surface area (Å²) in [4.78, 5) is 25.2. The smallest absolute Gasteiger partial charge is 0.313 e. The van der Waals surface area contributed by atoms with E-state index in [1.165, 1.54) is 4.90 Å². The highest BCUT2D eigenvalue weighted by molar-refractivity contribution is 9.10. The lowest BCUT2D eigenvalue weighted by molar-refractivity contribution is -0.145. The van der Waals surface area contributed by atoms with Crippen LogP contribution in [0.3, 0.4) is 0 Å². The number of ether oxygens (including phenoxy) is 1. The molecule has 1 aliphatic heterocycles. The number of rotatable bonds is 1. The average molecular weight is 313 g/mol. The molecule has 0 radical (unpaired) electrons. The van der Waals surface area contributed by atoms with Crippen LogP contribution in [0.2, 0.25) is 0 Å². The molecule has 0 aromatic heterocycles. The van der Waals surface area contributed by atoms with Gasteiger partial charge in [-0.1, -0.05) is 12.1 Å². The first kappa shape index (κ1) is 13.0. The Morgan fingerprint density at radius 1 is 1.22 bits per heavy atom. The van der Waals surface area contributed by atoms with E-state index in [1.54, 1.807) is 18.2 Å². The second-order valence-corrected chi connectivity index (χ2v) is 4.69. The molecule has 1 aromatic carbocycles. The molecule has 2 rings (SSSR count). The van der Waals surface area contributed by atoms with Gasteiger partial charge in [0.25, 0.3) is 0 Å². The van der Waals surface area contributed by atoms with E-state index in [0.29, 0.717) is 32.0 Å². The summed E-state index contributed by atoms with van der Waals surface area (Å²) in [7, 11) is 0.